The Labute approximate surface area is 314 Å². The highest BCUT2D eigenvalue weighted by molar-refractivity contribution is 7.85. The van der Waals surface area contributed by atoms with Crippen LogP contribution in [0.15, 0.2) is 121 Å². The molecule has 0 fully saturated rings. The Morgan fingerprint density at radius 3 is 1.77 bits per heavy atom. The van der Waals surface area contributed by atoms with Crippen LogP contribution in [0.25, 0.3) is 22.3 Å². The topological polar surface area (TPSA) is 121 Å². The van der Waals surface area contributed by atoms with E-state index < -0.39 is 31.7 Å². The van der Waals surface area contributed by atoms with E-state index in [0.717, 1.165) is 56.2 Å². The Hall–Kier alpha value is -4.35. The van der Waals surface area contributed by atoms with Crippen molar-refractivity contribution in [2.45, 2.75) is 64.2 Å². The summed E-state index contributed by atoms with van der Waals surface area (Å²) >= 11 is 0. The normalized spacial score (nSPS) is 17.2. The molecule has 0 amide bonds. The predicted octanol–water partition coefficient (Wildman–Crippen LogP) is 8.29. The average molecular weight is 752 g/mol. The molecule has 0 unspecified atom stereocenters. The highest BCUT2D eigenvalue weighted by Crippen LogP contribution is 2.49. The minimum Gasteiger partial charge on any atom is -0.748 e. The zero-order valence-corrected chi connectivity index (χ0v) is 32.4. The zero-order valence-electron chi connectivity index (χ0n) is 30.8. The van der Waals surface area contributed by atoms with Gasteiger partial charge in [0.2, 0.25) is 5.69 Å². The Morgan fingerprint density at radius 2 is 1.19 bits per heavy atom. The van der Waals surface area contributed by atoms with Gasteiger partial charge in [0.1, 0.15) is 6.54 Å². The van der Waals surface area contributed by atoms with Gasteiger partial charge in [-0.1, -0.05) is 105 Å². The lowest BCUT2D eigenvalue weighted by atomic mass is 9.80. The molecule has 0 saturated carbocycles. The van der Waals surface area contributed by atoms with Crippen molar-refractivity contribution in [2.24, 2.45) is 0 Å². The van der Waals surface area contributed by atoms with Gasteiger partial charge in [-0.15, -0.1) is 0 Å². The summed E-state index contributed by atoms with van der Waals surface area (Å²) in [5, 5.41) is 0. The Balaban J connectivity index is 1.39. The summed E-state index contributed by atoms with van der Waals surface area (Å²) < 4.78 is 70.7. The van der Waals surface area contributed by atoms with E-state index in [1.807, 2.05) is 36.4 Å². The first-order chi connectivity index (χ1) is 25.1. The fourth-order valence-corrected chi connectivity index (χ4v) is 8.92. The van der Waals surface area contributed by atoms with Crippen molar-refractivity contribution >= 4 is 37.3 Å². The number of anilines is 1. The van der Waals surface area contributed by atoms with Gasteiger partial charge in [-0.3, -0.25) is 0 Å². The number of rotatable bonds is 14. The van der Waals surface area contributed by atoms with Crippen LogP contribution in [0.3, 0.4) is 0 Å². The molecule has 0 N–H and O–H groups in total. The molecule has 0 aliphatic carbocycles. The molecule has 4 aromatic rings. The minimum absolute atomic E-state index is 0.275. The second-order valence-electron chi connectivity index (χ2n) is 15.0. The molecule has 53 heavy (non-hydrogen) atoms. The van der Waals surface area contributed by atoms with Crippen LogP contribution in [-0.2, 0) is 31.1 Å². The van der Waals surface area contributed by atoms with E-state index in [1.165, 1.54) is 0 Å². The summed E-state index contributed by atoms with van der Waals surface area (Å²) in [7, 11) is -8.61. The van der Waals surface area contributed by atoms with E-state index in [0.29, 0.717) is 25.9 Å². The second kappa shape index (κ2) is 15.2. The molecule has 10 heteroatoms. The fourth-order valence-electron chi connectivity index (χ4n) is 7.80. The molecule has 278 valence electrons. The van der Waals surface area contributed by atoms with Crippen molar-refractivity contribution in [2.75, 3.05) is 29.5 Å². The molecule has 0 atom stereocenters. The van der Waals surface area contributed by atoms with Crippen molar-refractivity contribution in [1.82, 2.24) is 0 Å². The van der Waals surface area contributed by atoms with Crippen LogP contribution in [0, 0.1) is 0 Å². The lowest BCUT2D eigenvalue weighted by Gasteiger charge is -2.27. The SMILES string of the molecule is CC1(C)C(=CC=CC2=[N+](CCCCS(=O)(=O)[O-])c3cc(-c4ccccc4)ccc3C2(C)C)N(CCCCS(=O)(=O)[O-])c2cc(-c3ccccc3)ccc21. The third-order valence-corrected chi connectivity index (χ3v) is 12.1. The first kappa shape index (κ1) is 38.4. The third-order valence-electron chi connectivity index (χ3n) is 10.6. The number of fused-ring (bicyclic) bond motifs is 2. The van der Waals surface area contributed by atoms with Crippen molar-refractivity contribution in [3.05, 3.63) is 132 Å². The van der Waals surface area contributed by atoms with Gasteiger partial charge in [0.05, 0.1) is 25.7 Å². The zero-order chi connectivity index (χ0) is 38.0. The average Bonchev–Trinajstić information content (AvgIpc) is 3.46. The first-order valence-electron chi connectivity index (χ1n) is 18.1. The monoisotopic (exact) mass is 751 g/mol. The van der Waals surface area contributed by atoms with E-state index in [1.54, 1.807) is 0 Å². The maximum atomic E-state index is 11.4. The largest absolute Gasteiger partial charge is 0.748 e. The molecule has 8 nitrogen and oxygen atoms in total. The lowest BCUT2D eigenvalue weighted by molar-refractivity contribution is -0.438. The number of allylic oxidation sites excluding steroid dienone is 4. The molecule has 2 aliphatic heterocycles. The Kier molecular flexibility index (Phi) is 11.0. The van der Waals surface area contributed by atoms with E-state index in [9.17, 15) is 25.9 Å². The van der Waals surface area contributed by atoms with E-state index >= 15 is 0 Å². The Bertz CT molecular complexity index is 2290. The standard InChI is InChI=1S/C43H48N2O6S2/c1-42(2)36-24-22-34(32-16-7-5-8-17-32)30-38(36)44(26-11-13-28-52(46,47)48)40(42)20-15-21-41-43(3,4)37-25-23-35(33-18-9-6-10-19-33)31-39(37)45(41)27-12-14-29-53(49,50)51/h5-10,15-25,30-31H,11-14,26-29H2,1-4H3,(H-,46,47,48,49,50,51)/p-1. The summed E-state index contributed by atoms with van der Waals surface area (Å²) in [5.41, 5.74) is 10.2. The van der Waals surface area contributed by atoms with Gasteiger partial charge in [0.15, 0.2) is 5.71 Å². The van der Waals surface area contributed by atoms with Crippen LogP contribution >= 0.6 is 0 Å². The first-order valence-corrected chi connectivity index (χ1v) is 21.3. The molecule has 0 saturated heterocycles. The smallest absolute Gasteiger partial charge is 0.210 e. The number of benzene rings is 4. The molecule has 0 bridgehead atoms. The lowest BCUT2D eigenvalue weighted by Crippen LogP contribution is -2.28. The molecular weight excluding hydrogens is 705 g/mol. The van der Waals surface area contributed by atoms with Gasteiger partial charge in [0, 0.05) is 59.0 Å². The maximum Gasteiger partial charge on any atom is 0.210 e. The van der Waals surface area contributed by atoms with Crippen molar-refractivity contribution in [3.8, 4) is 22.3 Å². The third kappa shape index (κ3) is 8.57. The number of unbranched alkanes of at least 4 members (excludes halogenated alkanes) is 2. The van der Waals surface area contributed by atoms with Crippen molar-refractivity contribution in [3.63, 3.8) is 0 Å². The van der Waals surface area contributed by atoms with Gasteiger partial charge in [-0.05, 0) is 73.1 Å². The summed E-state index contributed by atoms with van der Waals surface area (Å²) in [5.74, 6) is -0.784. The molecule has 2 heterocycles. The van der Waals surface area contributed by atoms with Crippen LogP contribution in [0.1, 0.15) is 64.5 Å². The summed E-state index contributed by atoms with van der Waals surface area (Å²) in [4.78, 5) is 2.26. The minimum atomic E-state index is -4.30. The van der Waals surface area contributed by atoms with E-state index in [4.69, 9.17) is 0 Å². The van der Waals surface area contributed by atoms with E-state index in [2.05, 4.69) is 116 Å². The van der Waals surface area contributed by atoms with Crippen molar-refractivity contribution < 1.29 is 30.5 Å². The summed E-state index contributed by atoms with van der Waals surface area (Å²) in [6.07, 6.45) is 7.96. The Morgan fingerprint density at radius 1 is 0.642 bits per heavy atom. The van der Waals surface area contributed by atoms with E-state index in [-0.39, 0.29) is 23.7 Å². The molecule has 0 radical (unpaired) electrons. The second-order valence-corrected chi connectivity index (χ2v) is 18.0. The van der Waals surface area contributed by atoms with Crippen LogP contribution in [0.4, 0.5) is 11.4 Å². The highest BCUT2D eigenvalue weighted by atomic mass is 32.2. The van der Waals surface area contributed by atoms with Crippen LogP contribution in [0.2, 0.25) is 0 Å². The number of hydrogen-bond donors (Lipinski definition) is 0. The quantitative estimate of drug-likeness (QED) is 0.0723. The summed E-state index contributed by atoms with van der Waals surface area (Å²) in [6, 6.07) is 33.4. The summed E-state index contributed by atoms with van der Waals surface area (Å²) in [6.45, 7) is 9.88. The van der Waals surface area contributed by atoms with Crippen molar-refractivity contribution in [1.29, 1.82) is 0 Å². The van der Waals surface area contributed by atoms with Gasteiger partial charge >= 0.3 is 0 Å². The predicted molar refractivity (Wildman–Crippen MR) is 212 cm³/mol. The van der Waals surface area contributed by atoms with Crippen LogP contribution in [-0.4, -0.2) is 60.8 Å². The maximum absolute atomic E-state index is 11.4. The number of hydrogen-bond acceptors (Lipinski definition) is 7. The molecule has 0 spiro atoms. The van der Waals surface area contributed by atoms with Crippen LogP contribution in [0.5, 0.6) is 0 Å². The van der Waals surface area contributed by atoms with Gasteiger partial charge in [-0.2, -0.15) is 4.58 Å². The van der Waals surface area contributed by atoms with Gasteiger partial charge < -0.3 is 14.0 Å². The molecule has 6 rings (SSSR count). The molecular formula is C43H47N2O6S2-. The molecule has 4 aromatic carbocycles. The molecule has 0 aromatic heterocycles. The molecule has 2 aliphatic rings. The number of nitrogens with zero attached hydrogens (tertiary/aromatic N) is 2. The van der Waals surface area contributed by atoms with Gasteiger partial charge in [-0.25, -0.2) is 16.8 Å². The fraction of sp³-hybridized carbons (Fsp3) is 0.326. The van der Waals surface area contributed by atoms with Crippen LogP contribution < -0.4 is 4.90 Å². The van der Waals surface area contributed by atoms with Gasteiger partial charge in [0.25, 0.3) is 0 Å². The highest BCUT2D eigenvalue weighted by Gasteiger charge is 2.44.